The predicted molar refractivity (Wildman–Crippen MR) is 45.0 cm³/mol. The van der Waals surface area contributed by atoms with Gasteiger partial charge in [0.05, 0.1) is 4.08 Å². The van der Waals surface area contributed by atoms with Gasteiger partial charge in [0, 0.05) is 18.1 Å². The van der Waals surface area contributed by atoms with Crippen molar-refractivity contribution in [1.29, 1.82) is 0 Å². The van der Waals surface area contributed by atoms with E-state index in [0.29, 0.717) is 10.7 Å². The first-order chi connectivity index (χ1) is 4.27. The lowest BCUT2D eigenvalue weighted by Gasteiger charge is -2.19. The molecule has 0 aromatic rings. The fraction of sp³-hybridized carbons (Fsp3) is 1.00. The summed E-state index contributed by atoms with van der Waals surface area (Å²) >= 11 is 3.94. The fourth-order valence-electron chi connectivity index (χ4n) is 0.904. The van der Waals surface area contributed by atoms with Crippen molar-refractivity contribution < 1.29 is 5.11 Å². The maximum Gasteiger partial charge on any atom is 0.0605 e. The first-order valence-electron chi connectivity index (χ1n) is 3.16. The van der Waals surface area contributed by atoms with Gasteiger partial charge in [0.15, 0.2) is 0 Å². The molecule has 0 bridgehead atoms. The topological polar surface area (TPSA) is 20.2 Å². The highest BCUT2D eigenvalue weighted by atomic mass is 32.2. The summed E-state index contributed by atoms with van der Waals surface area (Å²) in [6.07, 6.45) is 0.933. The van der Waals surface area contributed by atoms with Crippen molar-refractivity contribution in [3.63, 3.8) is 0 Å². The van der Waals surface area contributed by atoms with Crippen LogP contribution in [0.2, 0.25) is 0 Å². The molecule has 0 unspecified atom stereocenters. The van der Waals surface area contributed by atoms with Gasteiger partial charge in [-0.15, -0.1) is 23.5 Å². The number of aliphatic hydroxyl groups excluding tert-OH is 1. The minimum absolute atomic E-state index is 0.328. The predicted octanol–water partition coefficient (Wildman–Crippen LogP) is 1.56. The van der Waals surface area contributed by atoms with Crippen molar-refractivity contribution in [2.45, 2.75) is 17.4 Å². The second-order valence-corrected chi connectivity index (χ2v) is 5.76. The highest BCUT2D eigenvalue weighted by Gasteiger charge is 2.29. The second kappa shape index (κ2) is 3.17. The van der Waals surface area contributed by atoms with Crippen LogP contribution in [0.25, 0.3) is 0 Å². The van der Waals surface area contributed by atoms with E-state index >= 15 is 0 Å². The summed E-state index contributed by atoms with van der Waals surface area (Å²) in [5, 5.41) is 8.67. The van der Waals surface area contributed by atoms with E-state index in [9.17, 15) is 0 Å². The zero-order valence-electron chi connectivity index (χ0n) is 5.59. The molecule has 0 aromatic heterocycles. The number of aliphatic hydroxyl groups is 1. The van der Waals surface area contributed by atoms with Gasteiger partial charge in [0.2, 0.25) is 0 Å². The zero-order valence-corrected chi connectivity index (χ0v) is 7.23. The SMILES string of the molecule is CC1(CCO)SCCS1. The minimum atomic E-state index is 0.328. The molecule has 3 heteroatoms. The van der Waals surface area contributed by atoms with Gasteiger partial charge in [-0.1, -0.05) is 0 Å². The molecule has 0 aromatic carbocycles. The maximum absolute atomic E-state index is 8.67. The van der Waals surface area contributed by atoms with Crippen molar-refractivity contribution in [3.05, 3.63) is 0 Å². The smallest absolute Gasteiger partial charge is 0.0605 e. The zero-order chi connectivity index (χ0) is 6.74. The fourth-order valence-corrected chi connectivity index (χ4v) is 3.74. The molecule has 1 saturated heterocycles. The average Bonchev–Trinajstić information content (AvgIpc) is 2.16. The van der Waals surface area contributed by atoms with Crippen molar-refractivity contribution >= 4 is 23.5 Å². The first-order valence-corrected chi connectivity index (χ1v) is 5.13. The third kappa shape index (κ3) is 2.06. The van der Waals surface area contributed by atoms with Crippen LogP contribution in [0.15, 0.2) is 0 Å². The molecule has 0 amide bonds. The van der Waals surface area contributed by atoms with Crippen LogP contribution in [0, 0.1) is 0 Å². The lowest BCUT2D eigenvalue weighted by Crippen LogP contribution is -2.12. The Morgan fingerprint density at radius 2 is 2.00 bits per heavy atom. The molecule has 1 rings (SSSR count). The Morgan fingerprint density at radius 3 is 2.44 bits per heavy atom. The Morgan fingerprint density at radius 1 is 1.44 bits per heavy atom. The van der Waals surface area contributed by atoms with Crippen LogP contribution < -0.4 is 0 Å². The molecule has 1 heterocycles. The summed E-state index contributed by atoms with van der Waals surface area (Å²) in [5.74, 6) is 2.50. The standard InChI is InChI=1S/C6H12OS2/c1-6(2-3-7)8-4-5-9-6/h7H,2-5H2,1H3. The van der Waals surface area contributed by atoms with E-state index < -0.39 is 0 Å². The van der Waals surface area contributed by atoms with E-state index in [1.54, 1.807) is 0 Å². The van der Waals surface area contributed by atoms with Crippen LogP contribution in [0.1, 0.15) is 13.3 Å². The van der Waals surface area contributed by atoms with Gasteiger partial charge < -0.3 is 5.11 Å². The molecule has 1 fully saturated rings. The Balaban J connectivity index is 2.32. The van der Waals surface area contributed by atoms with Gasteiger partial charge in [0.25, 0.3) is 0 Å². The molecule has 1 aliphatic rings. The van der Waals surface area contributed by atoms with Crippen molar-refractivity contribution in [3.8, 4) is 0 Å². The summed E-state index contributed by atoms with van der Waals surface area (Å²) in [7, 11) is 0. The average molecular weight is 164 g/mol. The van der Waals surface area contributed by atoms with Gasteiger partial charge >= 0.3 is 0 Å². The Hall–Kier alpha value is 0.660. The van der Waals surface area contributed by atoms with E-state index in [-0.39, 0.29) is 0 Å². The van der Waals surface area contributed by atoms with Crippen molar-refractivity contribution in [2.24, 2.45) is 0 Å². The molecule has 54 valence electrons. The highest BCUT2D eigenvalue weighted by molar-refractivity contribution is 8.21. The van der Waals surface area contributed by atoms with E-state index in [1.807, 2.05) is 23.5 Å². The summed E-state index contributed by atoms with van der Waals surface area (Å²) in [5.41, 5.74) is 0. The molecule has 0 aliphatic carbocycles. The van der Waals surface area contributed by atoms with Gasteiger partial charge in [-0.2, -0.15) is 0 Å². The quantitative estimate of drug-likeness (QED) is 0.669. The second-order valence-electron chi connectivity index (χ2n) is 2.30. The Bertz CT molecular complexity index is 89.1. The molecular formula is C6H12OS2. The number of rotatable bonds is 2. The third-order valence-corrected chi connectivity index (χ3v) is 4.88. The molecule has 0 saturated carbocycles. The molecule has 0 atom stereocenters. The van der Waals surface area contributed by atoms with Crippen molar-refractivity contribution in [2.75, 3.05) is 18.1 Å². The van der Waals surface area contributed by atoms with Gasteiger partial charge in [-0.05, 0) is 13.3 Å². The van der Waals surface area contributed by atoms with Crippen LogP contribution >= 0.6 is 23.5 Å². The third-order valence-electron chi connectivity index (χ3n) is 1.46. The molecular weight excluding hydrogens is 152 g/mol. The molecule has 1 nitrogen and oxygen atoms in total. The normalized spacial score (nSPS) is 24.7. The summed E-state index contributed by atoms with van der Waals surface area (Å²) < 4.78 is 0.328. The van der Waals surface area contributed by atoms with Crippen LogP contribution in [-0.2, 0) is 0 Å². The van der Waals surface area contributed by atoms with E-state index in [0.717, 1.165) is 6.42 Å². The Kier molecular flexibility index (Phi) is 2.73. The van der Waals surface area contributed by atoms with Crippen LogP contribution in [0.3, 0.4) is 0 Å². The lowest BCUT2D eigenvalue weighted by atomic mass is 10.3. The maximum atomic E-state index is 8.67. The number of hydrogen-bond acceptors (Lipinski definition) is 3. The molecule has 1 N–H and O–H groups in total. The van der Waals surface area contributed by atoms with Gasteiger partial charge in [0.1, 0.15) is 0 Å². The summed E-state index contributed by atoms with van der Waals surface area (Å²) in [6.45, 7) is 2.54. The van der Waals surface area contributed by atoms with Gasteiger partial charge in [-0.3, -0.25) is 0 Å². The van der Waals surface area contributed by atoms with Crippen LogP contribution in [0.5, 0.6) is 0 Å². The molecule has 1 aliphatic heterocycles. The van der Waals surface area contributed by atoms with E-state index in [2.05, 4.69) is 6.92 Å². The Labute approximate surface area is 64.6 Å². The van der Waals surface area contributed by atoms with Crippen LogP contribution in [-0.4, -0.2) is 27.3 Å². The molecule has 0 radical (unpaired) electrons. The van der Waals surface area contributed by atoms with Crippen molar-refractivity contribution in [1.82, 2.24) is 0 Å². The largest absolute Gasteiger partial charge is 0.396 e. The highest BCUT2D eigenvalue weighted by Crippen LogP contribution is 2.45. The number of thioether (sulfide) groups is 2. The number of hydrogen-bond donors (Lipinski definition) is 1. The van der Waals surface area contributed by atoms with E-state index in [4.69, 9.17) is 5.11 Å². The summed E-state index contributed by atoms with van der Waals surface area (Å²) in [4.78, 5) is 0. The molecule has 0 spiro atoms. The monoisotopic (exact) mass is 164 g/mol. The van der Waals surface area contributed by atoms with E-state index in [1.165, 1.54) is 11.5 Å². The minimum Gasteiger partial charge on any atom is -0.396 e. The van der Waals surface area contributed by atoms with Crippen LogP contribution in [0.4, 0.5) is 0 Å². The molecule has 9 heavy (non-hydrogen) atoms. The summed E-state index contributed by atoms with van der Waals surface area (Å²) in [6, 6.07) is 0. The lowest BCUT2D eigenvalue weighted by molar-refractivity contribution is 0.285. The first kappa shape index (κ1) is 7.76. The van der Waals surface area contributed by atoms with Gasteiger partial charge in [-0.25, -0.2) is 0 Å².